The molecule has 1 atom stereocenters. The highest BCUT2D eigenvalue weighted by Gasteiger charge is 2.21. The van der Waals surface area contributed by atoms with E-state index in [1.54, 1.807) is 0 Å². The summed E-state index contributed by atoms with van der Waals surface area (Å²) >= 11 is 0. The highest BCUT2D eigenvalue weighted by molar-refractivity contribution is 5.27. The molecule has 0 spiro atoms. The lowest BCUT2D eigenvalue weighted by atomic mass is 9.97. The molecule has 120 valence electrons. The first-order chi connectivity index (χ1) is 10.1. The fraction of sp³-hybridized carbons (Fsp3) is 0.647. The lowest BCUT2D eigenvalue weighted by Gasteiger charge is -2.28. The van der Waals surface area contributed by atoms with E-state index < -0.39 is 0 Å². The average molecular weight is 295 g/mol. The molecule has 0 aliphatic carbocycles. The highest BCUT2D eigenvalue weighted by Crippen LogP contribution is 2.15. The quantitative estimate of drug-likeness (QED) is 0.547. The van der Waals surface area contributed by atoms with Gasteiger partial charge in [-0.25, -0.2) is 0 Å². The first kappa shape index (κ1) is 18.0. The fourth-order valence-corrected chi connectivity index (χ4v) is 2.18. The van der Waals surface area contributed by atoms with Crippen molar-refractivity contribution in [3.05, 3.63) is 29.8 Å². The van der Waals surface area contributed by atoms with Gasteiger partial charge in [0.05, 0.1) is 13.2 Å². The van der Waals surface area contributed by atoms with Gasteiger partial charge in [-0.2, -0.15) is 0 Å². The van der Waals surface area contributed by atoms with E-state index in [2.05, 4.69) is 12.2 Å². The van der Waals surface area contributed by atoms with Crippen LogP contribution in [0, 0.1) is 0 Å². The van der Waals surface area contributed by atoms with E-state index in [1.807, 2.05) is 31.2 Å². The van der Waals surface area contributed by atoms with E-state index in [1.165, 1.54) is 0 Å². The van der Waals surface area contributed by atoms with E-state index in [0.29, 0.717) is 13.0 Å². The van der Waals surface area contributed by atoms with Crippen LogP contribution in [0.25, 0.3) is 0 Å². The predicted octanol–water partition coefficient (Wildman–Crippen LogP) is 2.13. The Morgan fingerprint density at radius 1 is 1.19 bits per heavy atom. The van der Waals surface area contributed by atoms with Crippen LogP contribution in [0.4, 0.5) is 0 Å². The standard InChI is InChI=1S/C17H29NO3/c1-3-11-18-17(2,14-20)10-4-13-21-16-7-5-15(6-8-16)9-12-19/h5-8,18-20H,3-4,9-14H2,1-2H3. The van der Waals surface area contributed by atoms with Gasteiger partial charge in [-0.3, -0.25) is 0 Å². The second kappa shape index (κ2) is 9.77. The zero-order chi connectivity index (χ0) is 15.6. The Balaban J connectivity index is 2.29. The Morgan fingerprint density at radius 3 is 2.48 bits per heavy atom. The molecule has 1 aromatic rings. The molecular weight excluding hydrogens is 266 g/mol. The van der Waals surface area contributed by atoms with Crippen LogP contribution in [0.15, 0.2) is 24.3 Å². The van der Waals surface area contributed by atoms with Crippen LogP contribution in [0.1, 0.15) is 38.7 Å². The molecule has 0 fully saturated rings. The Kier molecular flexibility index (Phi) is 8.35. The molecule has 0 heterocycles. The molecule has 0 amide bonds. The Morgan fingerprint density at radius 2 is 1.90 bits per heavy atom. The van der Waals surface area contributed by atoms with Crippen LogP contribution >= 0.6 is 0 Å². The molecule has 4 heteroatoms. The number of nitrogens with one attached hydrogen (secondary N) is 1. The summed E-state index contributed by atoms with van der Waals surface area (Å²) in [6.07, 6.45) is 3.52. The minimum atomic E-state index is -0.218. The largest absolute Gasteiger partial charge is 0.494 e. The number of benzene rings is 1. The zero-order valence-corrected chi connectivity index (χ0v) is 13.3. The Bertz CT molecular complexity index is 380. The predicted molar refractivity (Wildman–Crippen MR) is 85.7 cm³/mol. The third-order valence-electron chi connectivity index (χ3n) is 3.62. The molecule has 1 rings (SSSR count). The SMILES string of the molecule is CCCNC(C)(CO)CCCOc1ccc(CCO)cc1. The second-order valence-corrected chi connectivity index (χ2v) is 5.72. The van der Waals surface area contributed by atoms with Gasteiger partial charge in [0.25, 0.3) is 0 Å². The van der Waals surface area contributed by atoms with Crippen molar-refractivity contribution < 1.29 is 14.9 Å². The molecule has 1 unspecified atom stereocenters. The summed E-state index contributed by atoms with van der Waals surface area (Å²) in [5, 5.41) is 21.7. The minimum absolute atomic E-state index is 0.142. The van der Waals surface area contributed by atoms with Gasteiger partial charge in [-0.05, 0) is 56.8 Å². The fourth-order valence-electron chi connectivity index (χ4n) is 2.18. The van der Waals surface area contributed by atoms with Gasteiger partial charge in [-0.15, -0.1) is 0 Å². The third kappa shape index (κ3) is 6.93. The first-order valence-electron chi connectivity index (χ1n) is 7.82. The van der Waals surface area contributed by atoms with E-state index in [9.17, 15) is 5.11 Å². The van der Waals surface area contributed by atoms with Crippen molar-refractivity contribution in [1.29, 1.82) is 0 Å². The summed E-state index contributed by atoms with van der Waals surface area (Å²) in [5.41, 5.74) is 0.895. The Hall–Kier alpha value is -1.10. The molecule has 0 saturated carbocycles. The van der Waals surface area contributed by atoms with Crippen molar-refractivity contribution >= 4 is 0 Å². The van der Waals surface area contributed by atoms with Gasteiger partial charge in [0.15, 0.2) is 0 Å². The smallest absolute Gasteiger partial charge is 0.119 e. The Labute approximate surface area is 128 Å². The van der Waals surface area contributed by atoms with Crippen LogP contribution in [0.3, 0.4) is 0 Å². The molecule has 4 nitrogen and oxygen atoms in total. The monoisotopic (exact) mass is 295 g/mol. The molecule has 0 bridgehead atoms. The van der Waals surface area contributed by atoms with E-state index in [-0.39, 0.29) is 18.8 Å². The summed E-state index contributed by atoms with van der Waals surface area (Å²) in [6.45, 7) is 6.04. The van der Waals surface area contributed by atoms with Gasteiger partial charge >= 0.3 is 0 Å². The minimum Gasteiger partial charge on any atom is -0.494 e. The molecule has 0 aromatic heterocycles. The van der Waals surface area contributed by atoms with Crippen LogP contribution in [0.2, 0.25) is 0 Å². The molecule has 3 N–H and O–H groups in total. The number of hydrogen-bond donors (Lipinski definition) is 3. The van der Waals surface area contributed by atoms with Crippen molar-refractivity contribution in [3.8, 4) is 5.75 Å². The first-order valence-corrected chi connectivity index (χ1v) is 7.82. The average Bonchev–Trinajstić information content (AvgIpc) is 2.51. The number of hydrogen-bond acceptors (Lipinski definition) is 4. The molecule has 0 radical (unpaired) electrons. The summed E-state index contributed by atoms with van der Waals surface area (Å²) in [7, 11) is 0. The van der Waals surface area contributed by atoms with Crippen LogP contribution < -0.4 is 10.1 Å². The second-order valence-electron chi connectivity index (χ2n) is 5.72. The van der Waals surface area contributed by atoms with Gasteiger partial charge < -0.3 is 20.3 Å². The molecule has 21 heavy (non-hydrogen) atoms. The number of ether oxygens (including phenoxy) is 1. The van der Waals surface area contributed by atoms with E-state index >= 15 is 0 Å². The van der Waals surface area contributed by atoms with Gasteiger partial charge in [0.2, 0.25) is 0 Å². The zero-order valence-electron chi connectivity index (χ0n) is 13.3. The van der Waals surface area contributed by atoms with Crippen LogP contribution in [0.5, 0.6) is 5.75 Å². The lowest BCUT2D eigenvalue weighted by Crippen LogP contribution is -2.46. The topological polar surface area (TPSA) is 61.7 Å². The molecule has 0 saturated heterocycles. The molecular formula is C17H29NO3. The van der Waals surface area contributed by atoms with Crippen molar-refractivity contribution in [2.24, 2.45) is 0 Å². The van der Waals surface area contributed by atoms with Crippen molar-refractivity contribution in [2.75, 3.05) is 26.4 Å². The maximum atomic E-state index is 9.49. The summed E-state index contributed by atoms with van der Waals surface area (Å²) in [4.78, 5) is 0. The number of aliphatic hydroxyl groups is 2. The van der Waals surface area contributed by atoms with Crippen molar-refractivity contribution in [2.45, 2.75) is 45.1 Å². The van der Waals surface area contributed by atoms with Crippen molar-refractivity contribution in [1.82, 2.24) is 5.32 Å². The van der Waals surface area contributed by atoms with E-state index in [4.69, 9.17) is 9.84 Å². The maximum Gasteiger partial charge on any atom is 0.119 e. The molecule has 0 aliphatic heterocycles. The molecule has 1 aromatic carbocycles. The summed E-state index contributed by atoms with van der Waals surface area (Å²) in [6, 6.07) is 7.83. The summed E-state index contributed by atoms with van der Waals surface area (Å²) < 4.78 is 5.71. The third-order valence-corrected chi connectivity index (χ3v) is 3.62. The summed E-state index contributed by atoms with van der Waals surface area (Å²) in [5.74, 6) is 0.851. The van der Waals surface area contributed by atoms with Gasteiger partial charge in [0, 0.05) is 12.1 Å². The lowest BCUT2D eigenvalue weighted by molar-refractivity contribution is 0.156. The number of aliphatic hydroxyl groups excluding tert-OH is 2. The van der Waals surface area contributed by atoms with E-state index in [0.717, 1.165) is 37.1 Å². The molecule has 0 aliphatic rings. The van der Waals surface area contributed by atoms with Gasteiger partial charge in [0.1, 0.15) is 5.75 Å². The normalized spacial score (nSPS) is 13.9. The van der Waals surface area contributed by atoms with Gasteiger partial charge in [-0.1, -0.05) is 19.1 Å². The number of rotatable bonds is 11. The van der Waals surface area contributed by atoms with Crippen molar-refractivity contribution in [3.63, 3.8) is 0 Å². The van der Waals surface area contributed by atoms with Crippen LogP contribution in [-0.2, 0) is 6.42 Å². The van der Waals surface area contributed by atoms with Crippen LogP contribution in [-0.4, -0.2) is 42.1 Å². The maximum absolute atomic E-state index is 9.49. The highest BCUT2D eigenvalue weighted by atomic mass is 16.5.